The van der Waals surface area contributed by atoms with E-state index in [2.05, 4.69) is 25.7 Å². The summed E-state index contributed by atoms with van der Waals surface area (Å²) in [5.41, 5.74) is 2.59. The van der Waals surface area contributed by atoms with Crippen molar-refractivity contribution < 1.29 is 9.53 Å². The Morgan fingerprint density at radius 2 is 2.08 bits per heavy atom. The van der Waals surface area contributed by atoms with Crippen LogP contribution in [-0.4, -0.2) is 23.5 Å². The van der Waals surface area contributed by atoms with Crippen molar-refractivity contribution in [1.82, 2.24) is 4.90 Å². The van der Waals surface area contributed by atoms with E-state index in [1.54, 1.807) is 6.08 Å². The summed E-state index contributed by atoms with van der Waals surface area (Å²) in [7, 11) is 0. The molecule has 0 unspecified atom stereocenters. The first kappa shape index (κ1) is 17.1. The van der Waals surface area contributed by atoms with Crippen LogP contribution >= 0.6 is 0 Å². The van der Waals surface area contributed by atoms with Crippen LogP contribution in [0.5, 0.6) is 5.75 Å². The van der Waals surface area contributed by atoms with E-state index in [1.807, 2.05) is 53.4 Å². The first-order valence-corrected chi connectivity index (χ1v) is 8.67. The van der Waals surface area contributed by atoms with Crippen LogP contribution in [0.15, 0.2) is 61.2 Å². The zero-order chi connectivity index (χ0) is 17.8. The normalized spacial score (nSPS) is 17.4. The molecule has 0 saturated heterocycles. The summed E-state index contributed by atoms with van der Waals surface area (Å²) in [5, 5.41) is 3.52. The maximum absolute atomic E-state index is 13.1. The van der Waals surface area contributed by atoms with Gasteiger partial charge in [-0.25, -0.2) is 0 Å². The molecule has 4 heteroatoms. The molecule has 2 aromatic rings. The van der Waals surface area contributed by atoms with Crippen LogP contribution in [0.2, 0.25) is 0 Å². The fraction of sp³-hybridized carbons (Fsp3) is 0.286. The molecule has 0 aliphatic carbocycles. The fourth-order valence-electron chi connectivity index (χ4n) is 3.09. The number of benzene rings is 2. The molecule has 0 radical (unpaired) electrons. The molecule has 1 heterocycles. The highest BCUT2D eigenvalue weighted by atomic mass is 16.5. The van der Waals surface area contributed by atoms with E-state index in [1.165, 1.54) is 0 Å². The van der Waals surface area contributed by atoms with Gasteiger partial charge in [0.2, 0.25) is 0 Å². The zero-order valence-electron chi connectivity index (χ0n) is 14.7. The van der Waals surface area contributed by atoms with E-state index in [-0.39, 0.29) is 18.1 Å². The van der Waals surface area contributed by atoms with Crippen LogP contribution in [0.25, 0.3) is 0 Å². The van der Waals surface area contributed by atoms with Crippen LogP contribution in [0, 0.1) is 0 Å². The van der Waals surface area contributed by atoms with Gasteiger partial charge in [-0.1, -0.05) is 43.8 Å². The van der Waals surface area contributed by atoms with Gasteiger partial charge in [-0.15, -0.1) is 0 Å². The van der Waals surface area contributed by atoms with Crippen molar-refractivity contribution in [2.24, 2.45) is 0 Å². The second-order valence-corrected chi connectivity index (χ2v) is 6.23. The summed E-state index contributed by atoms with van der Waals surface area (Å²) in [6.45, 7) is 8.31. The quantitative estimate of drug-likeness (QED) is 0.783. The van der Waals surface area contributed by atoms with Gasteiger partial charge in [0.05, 0.1) is 5.56 Å². The molecular formula is C21H24N2O2. The van der Waals surface area contributed by atoms with E-state index in [0.29, 0.717) is 6.61 Å². The summed E-state index contributed by atoms with van der Waals surface area (Å²) in [6, 6.07) is 15.7. The third-order valence-corrected chi connectivity index (χ3v) is 4.57. The van der Waals surface area contributed by atoms with Gasteiger partial charge in [0.15, 0.2) is 0 Å². The molecule has 1 aliphatic rings. The van der Waals surface area contributed by atoms with Crippen LogP contribution in [-0.2, 0) is 0 Å². The number of carbonyl (C=O) groups excluding carboxylic acids is 1. The molecule has 4 nitrogen and oxygen atoms in total. The Kier molecular flexibility index (Phi) is 5.08. The van der Waals surface area contributed by atoms with E-state index in [0.717, 1.165) is 29.0 Å². The third-order valence-electron chi connectivity index (χ3n) is 4.57. The number of rotatable bonds is 6. The van der Waals surface area contributed by atoms with Crippen molar-refractivity contribution in [2.45, 2.75) is 32.5 Å². The van der Waals surface area contributed by atoms with Crippen LogP contribution in [0.4, 0.5) is 5.69 Å². The number of carbonyl (C=O) groups is 1. The Labute approximate surface area is 149 Å². The Morgan fingerprint density at radius 3 is 2.84 bits per heavy atom. The lowest BCUT2D eigenvalue weighted by atomic mass is 10.0. The molecule has 25 heavy (non-hydrogen) atoms. The smallest absolute Gasteiger partial charge is 0.258 e. The van der Waals surface area contributed by atoms with Crippen molar-refractivity contribution in [2.75, 3.05) is 11.9 Å². The molecule has 1 N–H and O–H groups in total. The highest BCUT2D eigenvalue weighted by molar-refractivity contribution is 6.01. The SMILES string of the molecule is C=CCOc1cccc([C@@H]2Nc3ccccc3C(=O)N2[C@@H](C)CC)c1. The van der Waals surface area contributed by atoms with Gasteiger partial charge in [-0.2, -0.15) is 0 Å². The number of anilines is 1. The molecule has 3 rings (SSSR count). The minimum absolute atomic E-state index is 0.0612. The van der Waals surface area contributed by atoms with Crippen LogP contribution in [0.3, 0.4) is 0 Å². The molecule has 2 aromatic carbocycles. The van der Waals surface area contributed by atoms with E-state index >= 15 is 0 Å². The summed E-state index contributed by atoms with van der Waals surface area (Å²) in [6.07, 6.45) is 2.39. The lowest BCUT2D eigenvalue weighted by Crippen LogP contribution is -2.47. The molecule has 0 spiro atoms. The summed E-state index contributed by atoms with van der Waals surface area (Å²) >= 11 is 0. The summed E-state index contributed by atoms with van der Waals surface area (Å²) in [4.78, 5) is 15.0. The molecule has 0 fully saturated rings. The zero-order valence-corrected chi connectivity index (χ0v) is 14.7. The Balaban J connectivity index is 2.00. The molecule has 0 saturated carbocycles. The lowest BCUT2D eigenvalue weighted by Gasteiger charge is -2.41. The molecule has 130 valence electrons. The van der Waals surface area contributed by atoms with Crippen molar-refractivity contribution in [1.29, 1.82) is 0 Å². The van der Waals surface area contributed by atoms with Gasteiger partial charge in [-0.05, 0) is 43.2 Å². The second kappa shape index (κ2) is 7.43. The molecule has 1 amide bonds. The number of fused-ring (bicyclic) bond motifs is 1. The second-order valence-electron chi connectivity index (χ2n) is 6.23. The maximum atomic E-state index is 13.1. The van der Waals surface area contributed by atoms with Gasteiger partial charge in [0.25, 0.3) is 5.91 Å². The highest BCUT2D eigenvalue weighted by Gasteiger charge is 2.35. The van der Waals surface area contributed by atoms with Gasteiger partial charge in [0.1, 0.15) is 18.5 Å². The molecule has 0 bridgehead atoms. The molecular weight excluding hydrogens is 312 g/mol. The van der Waals surface area contributed by atoms with Crippen LogP contribution in [0.1, 0.15) is 42.4 Å². The van der Waals surface area contributed by atoms with Gasteiger partial charge in [-0.3, -0.25) is 4.79 Å². The first-order valence-electron chi connectivity index (χ1n) is 8.67. The largest absolute Gasteiger partial charge is 0.490 e. The molecule has 2 atom stereocenters. The number of hydrogen-bond donors (Lipinski definition) is 1. The standard InChI is InChI=1S/C21H24N2O2/c1-4-13-25-17-10-8-9-16(14-17)20-22-19-12-7-6-11-18(19)21(24)23(20)15(3)5-2/h4,6-12,14-15,20,22H,1,5,13H2,2-3H3/t15-,20+/m0/s1. The van der Waals surface area contributed by atoms with Gasteiger partial charge in [0, 0.05) is 11.7 Å². The predicted octanol–water partition coefficient (Wildman–Crippen LogP) is 4.62. The van der Waals surface area contributed by atoms with Crippen molar-refractivity contribution in [3.05, 3.63) is 72.3 Å². The van der Waals surface area contributed by atoms with Crippen molar-refractivity contribution in [3.63, 3.8) is 0 Å². The minimum atomic E-state index is -0.218. The number of para-hydroxylation sites is 1. The first-order chi connectivity index (χ1) is 12.2. The molecule has 0 aromatic heterocycles. The van der Waals surface area contributed by atoms with Gasteiger partial charge >= 0.3 is 0 Å². The van der Waals surface area contributed by atoms with E-state index in [9.17, 15) is 4.79 Å². The number of hydrogen-bond acceptors (Lipinski definition) is 3. The monoisotopic (exact) mass is 336 g/mol. The maximum Gasteiger partial charge on any atom is 0.258 e. The minimum Gasteiger partial charge on any atom is -0.490 e. The van der Waals surface area contributed by atoms with Crippen molar-refractivity contribution >= 4 is 11.6 Å². The van der Waals surface area contributed by atoms with Crippen LogP contribution < -0.4 is 10.1 Å². The predicted molar refractivity (Wildman–Crippen MR) is 101 cm³/mol. The third kappa shape index (κ3) is 3.38. The average Bonchev–Trinajstić information content (AvgIpc) is 2.66. The Bertz CT molecular complexity index is 772. The number of nitrogens with zero attached hydrogens (tertiary/aromatic N) is 1. The number of nitrogens with one attached hydrogen (secondary N) is 1. The number of amides is 1. The topological polar surface area (TPSA) is 41.6 Å². The Morgan fingerprint density at radius 1 is 1.28 bits per heavy atom. The fourth-order valence-corrected chi connectivity index (χ4v) is 3.09. The summed E-state index contributed by atoms with van der Waals surface area (Å²) < 4.78 is 5.66. The highest BCUT2D eigenvalue weighted by Crippen LogP contribution is 2.35. The van der Waals surface area contributed by atoms with E-state index < -0.39 is 0 Å². The van der Waals surface area contributed by atoms with Gasteiger partial charge < -0.3 is 15.0 Å². The van der Waals surface area contributed by atoms with E-state index in [4.69, 9.17) is 4.74 Å². The summed E-state index contributed by atoms with van der Waals surface area (Å²) in [5.74, 6) is 0.834. The lowest BCUT2D eigenvalue weighted by molar-refractivity contribution is 0.0593. The van der Waals surface area contributed by atoms with Crippen molar-refractivity contribution in [3.8, 4) is 5.75 Å². The Hall–Kier alpha value is -2.75. The number of ether oxygens (including phenoxy) is 1. The molecule has 1 aliphatic heterocycles. The average molecular weight is 336 g/mol.